The zero-order valence-corrected chi connectivity index (χ0v) is 13.7. The van der Waals surface area contributed by atoms with E-state index in [0.29, 0.717) is 13.2 Å². The van der Waals surface area contributed by atoms with Crippen molar-refractivity contribution in [3.63, 3.8) is 0 Å². The van der Waals surface area contributed by atoms with Crippen LogP contribution in [0.4, 0.5) is 0 Å². The Labute approximate surface area is 138 Å². The van der Waals surface area contributed by atoms with Crippen LogP contribution in [0.5, 0.6) is 5.75 Å². The summed E-state index contributed by atoms with van der Waals surface area (Å²) in [5.41, 5.74) is 2.40. The first-order valence-electron chi connectivity index (χ1n) is 8.09. The Bertz CT molecular complexity index is 541. The van der Waals surface area contributed by atoms with Crippen LogP contribution in [0.25, 0.3) is 0 Å². The Hall–Kier alpha value is -1.88. The van der Waals surface area contributed by atoms with E-state index in [4.69, 9.17) is 9.84 Å². The Kier molecular flexibility index (Phi) is 7.60. The fourth-order valence-electron chi connectivity index (χ4n) is 2.16. The maximum atomic E-state index is 9.13. The molecule has 2 aromatic carbocycles. The lowest BCUT2D eigenvalue weighted by Crippen LogP contribution is -2.31. The highest BCUT2D eigenvalue weighted by atomic mass is 16.5. The second-order valence-corrected chi connectivity index (χ2v) is 5.65. The highest BCUT2D eigenvalue weighted by molar-refractivity contribution is 5.27. The number of nitrogens with one attached hydrogen (secondary N) is 2. The molecule has 23 heavy (non-hydrogen) atoms. The van der Waals surface area contributed by atoms with E-state index in [-0.39, 0.29) is 6.10 Å². The zero-order chi connectivity index (χ0) is 16.3. The van der Waals surface area contributed by atoms with Crippen LogP contribution in [0.15, 0.2) is 54.6 Å². The van der Waals surface area contributed by atoms with Crippen molar-refractivity contribution in [3.8, 4) is 5.75 Å². The molecule has 4 heteroatoms. The van der Waals surface area contributed by atoms with Gasteiger partial charge in [-0.3, -0.25) is 0 Å². The lowest BCUT2D eigenvalue weighted by molar-refractivity contribution is 0.191. The van der Waals surface area contributed by atoms with Crippen molar-refractivity contribution in [1.82, 2.24) is 10.6 Å². The average Bonchev–Trinajstić information content (AvgIpc) is 2.58. The topological polar surface area (TPSA) is 53.5 Å². The maximum absolute atomic E-state index is 9.13. The molecule has 0 saturated carbocycles. The van der Waals surface area contributed by atoms with Crippen LogP contribution in [0.2, 0.25) is 0 Å². The van der Waals surface area contributed by atoms with Crippen LogP contribution >= 0.6 is 0 Å². The molecule has 0 heterocycles. The predicted octanol–water partition coefficient (Wildman–Crippen LogP) is 2.33. The third kappa shape index (κ3) is 7.28. The number of ether oxygens (including phenoxy) is 1. The van der Waals surface area contributed by atoms with Gasteiger partial charge in [-0.15, -0.1) is 0 Å². The molecule has 124 valence electrons. The molecule has 2 rings (SSSR count). The van der Waals surface area contributed by atoms with Crippen molar-refractivity contribution in [1.29, 1.82) is 0 Å². The number of hydrogen-bond acceptors (Lipinski definition) is 4. The molecule has 0 aliphatic heterocycles. The first kappa shape index (κ1) is 17.5. The van der Waals surface area contributed by atoms with E-state index in [1.54, 1.807) is 6.92 Å². The highest BCUT2D eigenvalue weighted by Crippen LogP contribution is 2.14. The van der Waals surface area contributed by atoms with Crippen molar-refractivity contribution in [2.24, 2.45) is 0 Å². The van der Waals surface area contributed by atoms with E-state index in [9.17, 15) is 0 Å². The van der Waals surface area contributed by atoms with Gasteiger partial charge in [-0.05, 0) is 30.2 Å². The maximum Gasteiger partial charge on any atom is 0.119 e. The molecule has 0 radical (unpaired) electrons. The van der Waals surface area contributed by atoms with Crippen LogP contribution in [0.3, 0.4) is 0 Å². The molecule has 3 N–H and O–H groups in total. The smallest absolute Gasteiger partial charge is 0.119 e. The normalized spacial score (nSPS) is 12.1. The van der Waals surface area contributed by atoms with Gasteiger partial charge in [0.05, 0.1) is 6.10 Å². The van der Waals surface area contributed by atoms with Crippen molar-refractivity contribution >= 4 is 0 Å². The van der Waals surface area contributed by atoms with Gasteiger partial charge < -0.3 is 20.5 Å². The molecule has 0 bridgehead atoms. The lowest BCUT2D eigenvalue weighted by atomic mass is 10.2. The van der Waals surface area contributed by atoms with Crippen molar-refractivity contribution < 1.29 is 9.84 Å². The average molecular weight is 314 g/mol. The summed E-state index contributed by atoms with van der Waals surface area (Å²) in [4.78, 5) is 0. The summed E-state index contributed by atoms with van der Waals surface area (Å²) in [5, 5.41) is 15.7. The molecule has 0 aromatic heterocycles. The summed E-state index contributed by atoms with van der Waals surface area (Å²) >= 11 is 0. The fraction of sp³-hybridized carbons (Fsp3) is 0.368. The van der Waals surface area contributed by atoms with Gasteiger partial charge in [-0.2, -0.15) is 0 Å². The van der Waals surface area contributed by atoms with Crippen molar-refractivity contribution in [3.05, 3.63) is 65.7 Å². The lowest BCUT2D eigenvalue weighted by Gasteiger charge is -2.09. The van der Waals surface area contributed by atoms with Crippen molar-refractivity contribution in [2.75, 3.05) is 19.6 Å². The molecule has 0 saturated heterocycles. The number of rotatable bonds is 10. The number of benzene rings is 2. The first-order valence-corrected chi connectivity index (χ1v) is 8.09. The van der Waals surface area contributed by atoms with Gasteiger partial charge in [0.2, 0.25) is 0 Å². The second-order valence-electron chi connectivity index (χ2n) is 5.65. The molecule has 4 nitrogen and oxygen atoms in total. The van der Waals surface area contributed by atoms with Crippen LogP contribution in [-0.2, 0) is 13.2 Å². The Balaban J connectivity index is 1.64. The molecule has 0 amide bonds. The number of aliphatic hydroxyl groups is 1. The van der Waals surface area contributed by atoms with E-state index in [1.807, 2.05) is 30.3 Å². The van der Waals surface area contributed by atoms with Crippen LogP contribution < -0.4 is 15.4 Å². The zero-order valence-electron chi connectivity index (χ0n) is 13.7. The second kappa shape index (κ2) is 10.0. The molecule has 0 spiro atoms. The van der Waals surface area contributed by atoms with E-state index in [1.165, 1.54) is 11.1 Å². The summed E-state index contributed by atoms with van der Waals surface area (Å²) in [6, 6.07) is 18.3. The largest absolute Gasteiger partial charge is 0.489 e. The standard InChI is InChI=1S/C19H26N2O2/c1-16(22)13-20-11-12-21-14-17-7-9-19(10-8-17)23-15-18-5-3-2-4-6-18/h2-10,16,20-22H,11-15H2,1H3/t16-/m1/s1. The van der Waals surface area contributed by atoms with Crippen LogP contribution in [0, 0.1) is 0 Å². The third-order valence-electron chi connectivity index (χ3n) is 3.42. The SMILES string of the molecule is C[C@@H](O)CNCCNCc1ccc(OCc2ccccc2)cc1. The highest BCUT2D eigenvalue weighted by Gasteiger charge is 1.98. The third-order valence-corrected chi connectivity index (χ3v) is 3.42. The molecule has 1 atom stereocenters. The van der Waals surface area contributed by atoms with Crippen LogP contribution in [-0.4, -0.2) is 30.8 Å². The van der Waals surface area contributed by atoms with Gasteiger partial charge in [0, 0.05) is 26.2 Å². The van der Waals surface area contributed by atoms with E-state index in [0.717, 1.165) is 25.4 Å². The van der Waals surface area contributed by atoms with Gasteiger partial charge >= 0.3 is 0 Å². The van der Waals surface area contributed by atoms with E-state index in [2.05, 4.69) is 34.9 Å². The summed E-state index contributed by atoms with van der Waals surface area (Å²) in [5.74, 6) is 0.885. The molecule has 2 aromatic rings. The first-order chi connectivity index (χ1) is 11.2. The minimum atomic E-state index is -0.293. The fourth-order valence-corrected chi connectivity index (χ4v) is 2.16. The van der Waals surface area contributed by atoms with Crippen molar-refractivity contribution in [2.45, 2.75) is 26.2 Å². The minimum absolute atomic E-state index is 0.293. The van der Waals surface area contributed by atoms with Gasteiger partial charge in [0.25, 0.3) is 0 Å². The van der Waals surface area contributed by atoms with Gasteiger partial charge in [-0.1, -0.05) is 42.5 Å². The summed E-state index contributed by atoms with van der Waals surface area (Å²) in [7, 11) is 0. The Morgan fingerprint density at radius 2 is 1.61 bits per heavy atom. The molecule has 0 unspecified atom stereocenters. The monoisotopic (exact) mass is 314 g/mol. The number of aliphatic hydroxyl groups excluding tert-OH is 1. The Morgan fingerprint density at radius 1 is 0.913 bits per heavy atom. The van der Waals surface area contributed by atoms with E-state index >= 15 is 0 Å². The van der Waals surface area contributed by atoms with E-state index < -0.39 is 0 Å². The van der Waals surface area contributed by atoms with Gasteiger partial charge in [0.1, 0.15) is 12.4 Å². The molecule has 0 aliphatic rings. The minimum Gasteiger partial charge on any atom is -0.489 e. The molecule has 0 aliphatic carbocycles. The summed E-state index contributed by atoms with van der Waals surface area (Å²) in [6.07, 6.45) is -0.293. The number of hydrogen-bond donors (Lipinski definition) is 3. The van der Waals surface area contributed by atoms with Crippen LogP contribution in [0.1, 0.15) is 18.1 Å². The Morgan fingerprint density at radius 3 is 2.30 bits per heavy atom. The summed E-state index contributed by atoms with van der Waals surface area (Å²) < 4.78 is 5.77. The van der Waals surface area contributed by atoms with Gasteiger partial charge in [-0.25, -0.2) is 0 Å². The quantitative estimate of drug-likeness (QED) is 0.589. The molecular weight excluding hydrogens is 288 g/mol. The van der Waals surface area contributed by atoms with Gasteiger partial charge in [0.15, 0.2) is 0 Å². The molecular formula is C19H26N2O2. The molecule has 0 fully saturated rings. The summed E-state index contributed by atoms with van der Waals surface area (Å²) in [6.45, 7) is 5.56. The predicted molar refractivity (Wildman–Crippen MR) is 93.5 cm³/mol.